The number of aromatic nitrogens is 3. The second kappa shape index (κ2) is 6.16. The lowest BCUT2D eigenvalue weighted by atomic mass is 10.3. The van der Waals surface area contributed by atoms with Crippen LogP contribution in [0.25, 0.3) is 11.0 Å². The minimum Gasteiger partial charge on any atom is -0.322 e. The normalized spacial score (nSPS) is 11.2. The lowest BCUT2D eigenvalue weighted by Crippen LogP contribution is -2.07. The molecule has 2 aromatic heterocycles. The van der Waals surface area contributed by atoms with Crippen LogP contribution in [-0.4, -0.2) is 20.4 Å². The zero-order chi connectivity index (χ0) is 14.8. The number of imidazole rings is 1. The van der Waals surface area contributed by atoms with Crippen molar-refractivity contribution in [3.05, 3.63) is 58.1 Å². The molecule has 3 nitrogen and oxygen atoms in total. The van der Waals surface area contributed by atoms with Crippen LogP contribution in [0.1, 0.15) is 17.2 Å². The molecule has 0 spiro atoms. The Balaban J connectivity index is 2.08. The van der Waals surface area contributed by atoms with Crippen LogP contribution in [-0.2, 0) is 13.0 Å². The molecule has 0 N–H and O–H groups in total. The summed E-state index contributed by atoms with van der Waals surface area (Å²) in [6.45, 7) is 2.72. The van der Waals surface area contributed by atoms with Gasteiger partial charge in [-0.1, -0.05) is 22.0 Å². The molecule has 108 valence electrons. The smallest absolute Gasteiger partial charge is 0.111 e. The largest absolute Gasteiger partial charge is 0.322 e. The Labute approximate surface area is 137 Å². The van der Waals surface area contributed by atoms with Gasteiger partial charge in [0.15, 0.2) is 0 Å². The maximum absolute atomic E-state index is 5.92. The van der Waals surface area contributed by atoms with Gasteiger partial charge in [0.05, 0.1) is 23.3 Å². The number of alkyl halides is 1. The topological polar surface area (TPSA) is 30.7 Å². The number of nitrogens with zero attached hydrogens (tertiary/aromatic N) is 3. The maximum atomic E-state index is 5.92. The highest BCUT2D eigenvalue weighted by molar-refractivity contribution is 9.10. The summed E-state index contributed by atoms with van der Waals surface area (Å²) in [6.07, 6.45) is 0.750. The quantitative estimate of drug-likeness (QED) is 0.645. The number of rotatable bonds is 4. The number of pyridine rings is 1. The second-order valence-electron chi connectivity index (χ2n) is 4.96. The van der Waals surface area contributed by atoms with Gasteiger partial charge >= 0.3 is 0 Å². The van der Waals surface area contributed by atoms with Crippen LogP contribution in [0.3, 0.4) is 0 Å². The highest BCUT2D eigenvalue weighted by Gasteiger charge is 2.11. The van der Waals surface area contributed by atoms with Gasteiger partial charge < -0.3 is 4.57 Å². The van der Waals surface area contributed by atoms with E-state index in [4.69, 9.17) is 16.6 Å². The fourth-order valence-electron chi connectivity index (χ4n) is 2.45. The van der Waals surface area contributed by atoms with Gasteiger partial charge in [-0.05, 0) is 37.3 Å². The summed E-state index contributed by atoms with van der Waals surface area (Å²) in [7, 11) is 0. The first kappa shape index (κ1) is 14.5. The second-order valence-corrected chi connectivity index (χ2v) is 6.25. The van der Waals surface area contributed by atoms with Gasteiger partial charge in [-0.25, -0.2) is 4.98 Å². The molecule has 0 bridgehead atoms. The molecular formula is C16H15BrClN3. The third-order valence-corrected chi connectivity index (χ3v) is 4.06. The molecule has 21 heavy (non-hydrogen) atoms. The number of aryl methyl sites for hydroxylation is 2. The predicted octanol–water partition coefficient (Wildman–Crippen LogP) is 4.33. The van der Waals surface area contributed by atoms with Gasteiger partial charge in [-0.15, -0.1) is 11.6 Å². The zero-order valence-corrected chi connectivity index (χ0v) is 14.0. The Bertz CT molecular complexity index is 782. The minimum absolute atomic E-state index is 0.561. The molecule has 0 saturated heterocycles. The standard InChI is InChI=1S/C16H15BrClN3/c1-11-3-2-4-13(19-11)10-21-15-6-5-12(17)9-14(15)20-16(21)7-8-18/h2-6,9H,7-8,10H2,1H3. The first-order valence-corrected chi connectivity index (χ1v) is 8.13. The summed E-state index contributed by atoms with van der Waals surface area (Å²) in [6, 6.07) is 12.2. The Morgan fingerprint density at radius 2 is 2.05 bits per heavy atom. The fraction of sp³-hybridized carbons (Fsp3) is 0.250. The maximum Gasteiger partial charge on any atom is 0.111 e. The molecular weight excluding hydrogens is 350 g/mol. The summed E-state index contributed by atoms with van der Waals surface area (Å²) in [5, 5.41) is 0. The monoisotopic (exact) mass is 363 g/mol. The van der Waals surface area contributed by atoms with Crippen molar-refractivity contribution in [2.24, 2.45) is 0 Å². The van der Waals surface area contributed by atoms with Gasteiger partial charge in [0.2, 0.25) is 0 Å². The Morgan fingerprint density at radius 1 is 1.19 bits per heavy atom. The van der Waals surface area contributed by atoms with Gasteiger partial charge in [0.25, 0.3) is 0 Å². The van der Waals surface area contributed by atoms with Crippen molar-refractivity contribution in [1.29, 1.82) is 0 Å². The first-order valence-electron chi connectivity index (χ1n) is 6.80. The van der Waals surface area contributed by atoms with Crippen molar-refractivity contribution in [2.75, 3.05) is 5.88 Å². The lowest BCUT2D eigenvalue weighted by Gasteiger charge is -2.08. The van der Waals surface area contributed by atoms with E-state index in [0.717, 1.165) is 39.1 Å². The van der Waals surface area contributed by atoms with Crippen molar-refractivity contribution in [3.63, 3.8) is 0 Å². The van der Waals surface area contributed by atoms with Crippen LogP contribution >= 0.6 is 27.5 Å². The van der Waals surface area contributed by atoms with Crippen LogP contribution in [0.15, 0.2) is 40.9 Å². The summed E-state index contributed by atoms with van der Waals surface area (Å²) in [5.41, 5.74) is 4.16. The number of benzene rings is 1. The molecule has 0 aliphatic rings. The zero-order valence-electron chi connectivity index (χ0n) is 11.7. The van der Waals surface area contributed by atoms with Crippen molar-refractivity contribution in [2.45, 2.75) is 19.9 Å². The van der Waals surface area contributed by atoms with E-state index in [1.54, 1.807) is 0 Å². The lowest BCUT2D eigenvalue weighted by molar-refractivity contribution is 0.735. The molecule has 1 aromatic carbocycles. The van der Waals surface area contributed by atoms with E-state index in [9.17, 15) is 0 Å². The average Bonchev–Trinajstić information content (AvgIpc) is 2.76. The van der Waals surface area contributed by atoms with E-state index >= 15 is 0 Å². The molecule has 0 saturated carbocycles. The third kappa shape index (κ3) is 3.11. The number of fused-ring (bicyclic) bond motifs is 1. The van der Waals surface area contributed by atoms with Gasteiger partial charge in [0.1, 0.15) is 5.82 Å². The third-order valence-electron chi connectivity index (χ3n) is 3.37. The molecule has 0 radical (unpaired) electrons. The first-order chi connectivity index (χ1) is 10.2. The van der Waals surface area contributed by atoms with E-state index in [-0.39, 0.29) is 0 Å². The molecule has 0 unspecified atom stereocenters. The number of hydrogen-bond donors (Lipinski definition) is 0. The van der Waals surface area contributed by atoms with Crippen LogP contribution in [0, 0.1) is 6.92 Å². The van der Waals surface area contributed by atoms with E-state index < -0.39 is 0 Å². The minimum atomic E-state index is 0.561. The molecule has 5 heteroatoms. The average molecular weight is 365 g/mol. The summed E-state index contributed by atoms with van der Waals surface area (Å²) in [4.78, 5) is 9.29. The van der Waals surface area contributed by atoms with Crippen LogP contribution in [0.5, 0.6) is 0 Å². The molecule has 0 amide bonds. The van der Waals surface area contributed by atoms with E-state index in [1.807, 2.05) is 37.3 Å². The van der Waals surface area contributed by atoms with Crippen LogP contribution in [0.2, 0.25) is 0 Å². The summed E-state index contributed by atoms with van der Waals surface area (Å²) in [5.74, 6) is 1.56. The predicted molar refractivity (Wildman–Crippen MR) is 89.9 cm³/mol. The van der Waals surface area contributed by atoms with E-state index in [0.29, 0.717) is 12.4 Å². The molecule has 0 atom stereocenters. The van der Waals surface area contributed by atoms with Gasteiger partial charge in [-0.3, -0.25) is 4.98 Å². The van der Waals surface area contributed by atoms with Crippen molar-refractivity contribution >= 4 is 38.6 Å². The molecule has 3 rings (SSSR count). The van der Waals surface area contributed by atoms with Gasteiger partial charge in [0, 0.05) is 22.5 Å². The SMILES string of the molecule is Cc1cccc(Cn2c(CCCl)nc3cc(Br)ccc32)n1. The van der Waals surface area contributed by atoms with Crippen LogP contribution in [0.4, 0.5) is 0 Å². The van der Waals surface area contributed by atoms with Crippen molar-refractivity contribution < 1.29 is 0 Å². The Morgan fingerprint density at radius 3 is 2.81 bits per heavy atom. The number of hydrogen-bond acceptors (Lipinski definition) is 2. The van der Waals surface area contributed by atoms with E-state index in [2.05, 4.69) is 31.5 Å². The van der Waals surface area contributed by atoms with Crippen LogP contribution < -0.4 is 0 Å². The van der Waals surface area contributed by atoms with Crippen molar-refractivity contribution in [3.8, 4) is 0 Å². The highest BCUT2D eigenvalue weighted by Crippen LogP contribution is 2.22. The summed E-state index contributed by atoms with van der Waals surface area (Å²) < 4.78 is 3.23. The summed E-state index contributed by atoms with van der Waals surface area (Å²) >= 11 is 9.41. The molecule has 0 aliphatic heterocycles. The van der Waals surface area contributed by atoms with Crippen molar-refractivity contribution in [1.82, 2.24) is 14.5 Å². The molecule has 0 fully saturated rings. The van der Waals surface area contributed by atoms with Gasteiger partial charge in [-0.2, -0.15) is 0 Å². The molecule has 3 aromatic rings. The Kier molecular flexibility index (Phi) is 4.27. The van der Waals surface area contributed by atoms with E-state index in [1.165, 1.54) is 0 Å². The molecule has 0 aliphatic carbocycles. The fourth-order valence-corrected chi connectivity index (χ4v) is 2.97. The Hall–Kier alpha value is -1.39. The number of halogens is 2. The highest BCUT2D eigenvalue weighted by atomic mass is 79.9. The molecule has 2 heterocycles.